The van der Waals surface area contributed by atoms with Crippen LogP contribution in [0, 0.1) is 6.92 Å². The predicted octanol–water partition coefficient (Wildman–Crippen LogP) is 5.04. The number of methoxy groups -OCH3 is 1. The summed E-state index contributed by atoms with van der Waals surface area (Å²) >= 11 is 3.70. The summed E-state index contributed by atoms with van der Waals surface area (Å²) in [6.45, 7) is 2.09. The van der Waals surface area contributed by atoms with E-state index >= 15 is 0 Å². The Morgan fingerprint density at radius 2 is 2.00 bits per heavy atom. The number of halogens is 1. The third-order valence-electron chi connectivity index (χ3n) is 3.75. The molecule has 0 N–H and O–H groups in total. The molecule has 1 atom stereocenters. The highest BCUT2D eigenvalue weighted by molar-refractivity contribution is 9.10. The van der Waals surface area contributed by atoms with Crippen LogP contribution < -0.4 is 0 Å². The first-order chi connectivity index (χ1) is 9.20. The molecule has 0 fully saturated rings. The molecule has 0 amide bonds. The van der Waals surface area contributed by atoms with Crippen LogP contribution in [0.2, 0.25) is 0 Å². The number of furan rings is 1. The van der Waals surface area contributed by atoms with Crippen molar-refractivity contribution in [2.24, 2.45) is 0 Å². The Balaban J connectivity index is 2.09. The largest absolute Gasteiger partial charge is 0.459 e. The summed E-state index contributed by atoms with van der Waals surface area (Å²) in [5.74, 6) is 1.99. The van der Waals surface area contributed by atoms with E-state index < -0.39 is 0 Å². The van der Waals surface area contributed by atoms with Crippen molar-refractivity contribution in [1.29, 1.82) is 0 Å². The molecule has 1 aliphatic rings. The Kier molecular flexibility index (Phi) is 3.50. The van der Waals surface area contributed by atoms with Gasteiger partial charge in [0.15, 0.2) is 0 Å². The van der Waals surface area contributed by atoms with Crippen molar-refractivity contribution < 1.29 is 9.15 Å². The van der Waals surface area contributed by atoms with E-state index in [1.54, 1.807) is 7.11 Å². The summed E-state index contributed by atoms with van der Waals surface area (Å²) in [5, 5.41) is 0. The lowest BCUT2D eigenvalue weighted by molar-refractivity contribution is 0.0853. The van der Waals surface area contributed by atoms with Crippen molar-refractivity contribution in [3.63, 3.8) is 0 Å². The number of hydrogen-bond donors (Lipinski definition) is 0. The fourth-order valence-electron chi connectivity index (χ4n) is 2.69. The van der Waals surface area contributed by atoms with Crippen LogP contribution in [-0.4, -0.2) is 7.11 Å². The highest BCUT2D eigenvalue weighted by Crippen LogP contribution is 2.44. The summed E-state index contributed by atoms with van der Waals surface area (Å²) in [6.07, 6.45) is 3.34. The number of rotatable bonds is 2. The van der Waals surface area contributed by atoms with Gasteiger partial charge in [0.1, 0.15) is 11.5 Å². The number of benzene rings is 1. The first-order valence-corrected chi connectivity index (χ1v) is 7.41. The van der Waals surface area contributed by atoms with Gasteiger partial charge in [0.2, 0.25) is 0 Å². The Morgan fingerprint density at radius 3 is 2.68 bits per heavy atom. The van der Waals surface area contributed by atoms with Crippen LogP contribution in [0.3, 0.4) is 0 Å². The van der Waals surface area contributed by atoms with Crippen LogP contribution in [0.4, 0.5) is 0 Å². The van der Waals surface area contributed by atoms with Crippen molar-refractivity contribution in [1.82, 2.24) is 0 Å². The molecular formula is C16H17BrO2. The lowest BCUT2D eigenvalue weighted by Gasteiger charge is -2.20. The summed E-state index contributed by atoms with van der Waals surface area (Å²) in [7, 11) is 1.77. The summed E-state index contributed by atoms with van der Waals surface area (Å²) in [5.41, 5.74) is 3.57. The van der Waals surface area contributed by atoms with Gasteiger partial charge in [0, 0.05) is 24.7 Å². The summed E-state index contributed by atoms with van der Waals surface area (Å²) in [4.78, 5) is 0. The fourth-order valence-corrected chi connectivity index (χ4v) is 3.48. The molecule has 0 spiro atoms. The molecule has 1 aromatic carbocycles. The van der Waals surface area contributed by atoms with Crippen molar-refractivity contribution in [2.45, 2.75) is 32.3 Å². The second-order valence-corrected chi connectivity index (χ2v) is 5.86. The quantitative estimate of drug-likeness (QED) is 0.773. The minimum absolute atomic E-state index is 0.154. The third-order valence-corrected chi connectivity index (χ3v) is 4.54. The van der Waals surface area contributed by atoms with Gasteiger partial charge in [-0.15, -0.1) is 0 Å². The van der Waals surface area contributed by atoms with E-state index in [4.69, 9.17) is 9.15 Å². The smallest absolute Gasteiger partial charge is 0.148 e. The molecule has 0 saturated carbocycles. The molecule has 1 aromatic heterocycles. The normalized spacial score (nSPS) is 18.4. The van der Waals surface area contributed by atoms with Gasteiger partial charge in [0.05, 0.1) is 10.6 Å². The molecule has 0 saturated heterocycles. The van der Waals surface area contributed by atoms with Crippen molar-refractivity contribution in [3.8, 4) is 11.3 Å². The van der Waals surface area contributed by atoms with Gasteiger partial charge in [-0.1, -0.05) is 29.8 Å². The minimum atomic E-state index is 0.154. The van der Waals surface area contributed by atoms with Gasteiger partial charge >= 0.3 is 0 Å². The van der Waals surface area contributed by atoms with Crippen molar-refractivity contribution in [3.05, 3.63) is 45.6 Å². The summed E-state index contributed by atoms with van der Waals surface area (Å²) < 4.78 is 12.7. The Hall–Kier alpha value is -1.06. The van der Waals surface area contributed by atoms with E-state index in [2.05, 4.69) is 47.1 Å². The second kappa shape index (κ2) is 5.14. The maximum atomic E-state index is 6.07. The standard InChI is InChI=1S/C16H17BrO2/c1-10-6-8-11(9-7-10)16-15(17)14-12(18-2)4-3-5-13(14)19-16/h6-9,12H,3-5H2,1-2H3. The van der Waals surface area contributed by atoms with E-state index in [0.29, 0.717) is 0 Å². The first-order valence-electron chi connectivity index (χ1n) is 6.61. The SMILES string of the molecule is COC1CCCc2oc(-c3ccc(C)cc3)c(Br)c21. The van der Waals surface area contributed by atoms with E-state index in [0.717, 1.165) is 40.8 Å². The lowest BCUT2D eigenvalue weighted by atomic mass is 9.95. The van der Waals surface area contributed by atoms with Crippen LogP contribution in [0.25, 0.3) is 11.3 Å². The number of fused-ring (bicyclic) bond motifs is 1. The molecule has 2 nitrogen and oxygen atoms in total. The molecule has 3 rings (SSSR count). The van der Waals surface area contributed by atoms with Gasteiger partial charge < -0.3 is 9.15 Å². The van der Waals surface area contributed by atoms with Gasteiger partial charge in [0.25, 0.3) is 0 Å². The average Bonchev–Trinajstić information content (AvgIpc) is 2.77. The van der Waals surface area contributed by atoms with Gasteiger partial charge in [-0.05, 0) is 35.7 Å². The van der Waals surface area contributed by atoms with Crippen LogP contribution >= 0.6 is 15.9 Å². The molecule has 100 valence electrons. The highest BCUT2D eigenvalue weighted by atomic mass is 79.9. The molecule has 3 heteroatoms. The van der Waals surface area contributed by atoms with Crippen molar-refractivity contribution in [2.75, 3.05) is 7.11 Å². The highest BCUT2D eigenvalue weighted by Gasteiger charge is 2.29. The Bertz CT molecular complexity index is 584. The number of aryl methyl sites for hydroxylation is 2. The zero-order chi connectivity index (χ0) is 13.4. The number of ether oxygens (including phenoxy) is 1. The third kappa shape index (κ3) is 2.26. The van der Waals surface area contributed by atoms with E-state index in [-0.39, 0.29) is 6.10 Å². The van der Waals surface area contributed by atoms with Gasteiger partial charge in [-0.2, -0.15) is 0 Å². The van der Waals surface area contributed by atoms with E-state index in [1.807, 2.05) is 0 Å². The molecule has 2 aromatic rings. The van der Waals surface area contributed by atoms with Gasteiger partial charge in [-0.3, -0.25) is 0 Å². The molecule has 0 bridgehead atoms. The molecule has 1 aliphatic carbocycles. The van der Waals surface area contributed by atoms with E-state index in [1.165, 1.54) is 11.1 Å². The Labute approximate surface area is 121 Å². The Morgan fingerprint density at radius 1 is 1.26 bits per heavy atom. The average molecular weight is 321 g/mol. The topological polar surface area (TPSA) is 22.4 Å². The van der Waals surface area contributed by atoms with Gasteiger partial charge in [-0.25, -0.2) is 0 Å². The maximum Gasteiger partial charge on any atom is 0.148 e. The zero-order valence-corrected chi connectivity index (χ0v) is 12.8. The van der Waals surface area contributed by atoms with E-state index in [9.17, 15) is 0 Å². The molecule has 1 unspecified atom stereocenters. The predicted molar refractivity (Wildman–Crippen MR) is 79.3 cm³/mol. The first kappa shape index (κ1) is 12.9. The molecular weight excluding hydrogens is 304 g/mol. The maximum absolute atomic E-state index is 6.07. The fraction of sp³-hybridized carbons (Fsp3) is 0.375. The molecule has 0 radical (unpaired) electrons. The number of hydrogen-bond acceptors (Lipinski definition) is 2. The monoisotopic (exact) mass is 320 g/mol. The van der Waals surface area contributed by atoms with Crippen LogP contribution in [-0.2, 0) is 11.2 Å². The van der Waals surface area contributed by atoms with Crippen LogP contribution in [0.1, 0.15) is 35.8 Å². The summed E-state index contributed by atoms with van der Waals surface area (Å²) in [6, 6.07) is 8.42. The molecule has 1 heterocycles. The minimum Gasteiger partial charge on any atom is -0.459 e. The van der Waals surface area contributed by atoms with Crippen LogP contribution in [0.15, 0.2) is 33.2 Å². The molecule has 0 aliphatic heterocycles. The molecule has 19 heavy (non-hydrogen) atoms. The van der Waals surface area contributed by atoms with Crippen LogP contribution in [0.5, 0.6) is 0 Å². The lowest BCUT2D eigenvalue weighted by Crippen LogP contribution is -2.09. The van der Waals surface area contributed by atoms with Crippen molar-refractivity contribution >= 4 is 15.9 Å². The zero-order valence-electron chi connectivity index (χ0n) is 11.2. The second-order valence-electron chi connectivity index (χ2n) is 5.06.